The Balaban J connectivity index is 2.29. The van der Waals surface area contributed by atoms with Gasteiger partial charge < -0.3 is 4.66 Å². The summed E-state index contributed by atoms with van der Waals surface area (Å²) in [5.74, 6) is -25.6. The van der Waals surface area contributed by atoms with Crippen molar-refractivity contribution in [2.75, 3.05) is 0 Å². The molecule has 0 spiro atoms. The third kappa shape index (κ3) is 4.86. The molecule has 3 aromatic carbocycles. The summed E-state index contributed by atoms with van der Waals surface area (Å²) >= 11 is 0. The second kappa shape index (κ2) is 12.0. The molecule has 0 saturated carbocycles. The minimum atomic E-state index is -4.64. The molecule has 0 fully saturated rings. The van der Waals surface area contributed by atoms with Crippen LogP contribution >= 0.6 is 7.21 Å². The minimum Gasteiger partial charge on any atom is -0.453 e. The molecule has 15 heteroatoms. The van der Waals surface area contributed by atoms with E-state index in [0.29, 0.717) is 16.8 Å². The van der Waals surface area contributed by atoms with Crippen LogP contribution in [-0.4, -0.2) is 21.2 Å². The van der Waals surface area contributed by atoms with Gasteiger partial charge in [0.15, 0.2) is 34.9 Å². The number of hydrogen-bond acceptors (Lipinski definition) is 1. The molecule has 0 aliphatic carbocycles. The van der Waals surface area contributed by atoms with Crippen molar-refractivity contribution in [1.82, 2.24) is 4.57 Å². The number of aromatic nitrogens is 2. The SMILES string of the molecule is CC(C)c1cccc(C(C)C)c1-n1cc[n+]2c1[B-](c1c(F)c(F)c(F)c(F)c1F)(c1c(F)c(F)c(F)c(F)c1F)N=P2(C(C)(C)C)C(C)(C)C. The van der Waals surface area contributed by atoms with Crippen molar-refractivity contribution in [3.05, 3.63) is 99.9 Å². The van der Waals surface area contributed by atoms with Gasteiger partial charge in [0.2, 0.25) is 0 Å². The van der Waals surface area contributed by atoms with Crippen molar-refractivity contribution in [2.24, 2.45) is 4.66 Å². The molecule has 0 amide bonds. The van der Waals surface area contributed by atoms with E-state index in [1.54, 1.807) is 59.7 Å². The van der Waals surface area contributed by atoms with Crippen molar-refractivity contribution in [3.63, 3.8) is 0 Å². The Labute approximate surface area is 284 Å². The second-order valence-corrected chi connectivity index (χ2v) is 19.9. The molecule has 4 aromatic rings. The van der Waals surface area contributed by atoms with Gasteiger partial charge in [-0.15, -0.1) is 0 Å². The predicted octanol–water partition coefficient (Wildman–Crippen LogP) is 8.94. The lowest BCUT2D eigenvalue weighted by atomic mass is 9.27. The molecule has 3 nitrogen and oxygen atoms in total. The maximum atomic E-state index is 16.4. The van der Waals surface area contributed by atoms with Crippen LogP contribution < -0.4 is 21.0 Å². The van der Waals surface area contributed by atoms with Gasteiger partial charge >= 0.3 is 0 Å². The molecule has 50 heavy (non-hydrogen) atoms. The Kier molecular flexibility index (Phi) is 9.07. The van der Waals surface area contributed by atoms with E-state index in [4.69, 9.17) is 4.66 Å². The number of para-hydroxylation sites is 1. The van der Waals surface area contributed by atoms with Gasteiger partial charge in [-0.1, -0.05) is 98.4 Å². The van der Waals surface area contributed by atoms with Gasteiger partial charge in [-0.2, -0.15) is 0 Å². The molecule has 1 aromatic heterocycles. The highest BCUT2D eigenvalue weighted by atomic mass is 31.2. The quantitative estimate of drug-likeness (QED) is 0.0643. The van der Waals surface area contributed by atoms with Gasteiger partial charge in [0.05, 0.1) is 0 Å². The summed E-state index contributed by atoms with van der Waals surface area (Å²) in [5.41, 5.74) is -2.59. The highest BCUT2D eigenvalue weighted by molar-refractivity contribution is 7.65. The van der Waals surface area contributed by atoms with Gasteiger partial charge in [0.1, 0.15) is 54.3 Å². The zero-order valence-corrected chi connectivity index (χ0v) is 30.1. The fourth-order valence-electron chi connectivity index (χ4n) is 7.86. The van der Waals surface area contributed by atoms with Crippen LogP contribution in [0.1, 0.15) is 92.2 Å². The molecule has 2 heterocycles. The molecule has 0 radical (unpaired) electrons. The highest BCUT2D eigenvalue weighted by Crippen LogP contribution is 2.67. The van der Waals surface area contributed by atoms with Crippen LogP contribution in [0.2, 0.25) is 0 Å². The molecule has 1 aliphatic rings. The van der Waals surface area contributed by atoms with Gasteiger partial charge in [0.25, 0.3) is 6.28 Å². The summed E-state index contributed by atoms with van der Waals surface area (Å²) in [6.45, 7) is 17.4. The average Bonchev–Trinajstić information content (AvgIpc) is 3.59. The number of imidazole rings is 1. The van der Waals surface area contributed by atoms with Crippen LogP contribution in [-0.2, 0) is 0 Å². The summed E-state index contributed by atoms with van der Waals surface area (Å²) in [4.78, 5) is 0. The molecule has 270 valence electrons. The van der Waals surface area contributed by atoms with E-state index in [1.807, 2.05) is 27.7 Å². The van der Waals surface area contributed by atoms with E-state index in [0.717, 1.165) is 0 Å². The largest absolute Gasteiger partial charge is 0.453 e. The first-order valence-electron chi connectivity index (χ1n) is 16.0. The van der Waals surface area contributed by atoms with E-state index < -0.39 is 98.6 Å². The van der Waals surface area contributed by atoms with E-state index in [2.05, 4.69) is 0 Å². The van der Waals surface area contributed by atoms with E-state index in [-0.39, 0.29) is 11.8 Å². The summed E-state index contributed by atoms with van der Waals surface area (Å²) in [6, 6.07) is 5.22. The Morgan fingerprint density at radius 3 is 1.26 bits per heavy atom. The van der Waals surface area contributed by atoms with Crippen molar-refractivity contribution < 1.29 is 48.2 Å². The zero-order valence-electron chi connectivity index (χ0n) is 29.2. The third-order valence-electron chi connectivity index (χ3n) is 9.64. The van der Waals surface area contributed by atoms with Crippen LogP contribution in [0.3, 0.4) is 0 Å². The van der Waals surface area contributed by atoms with E-state index in [9.17, 15) is 8.78 Å². The molecular weight excluding hydrogens is 694 g/mol. The standard InChI is InChI=1S/C35H37BF10N3P/c1-16(2)18-12-11-13-19(17(3)4)32(18)48-14-15-49-33(48)36(47-50(49,34(5,6)7)35(8,9)10,20-22(37)26(41)30(45)27(42)23(20)38)21-24(39)28(43)31(46)29(44)25(21)40/h11-17H,1-10H3. The fourth-order valence-corrected chi connectivity index (χ4v) is 13.6. The predicted molar refractivity (Wildman–Crippen MR) is 176 cm³/mol. The van der Waals surface area contributed by atoms with Crippen LogP contribution in [0.5, 0.6) is 0 Å². The van der Waals surface area contributed by atoms with Gasteiger partial charge in [-0.25, -0.2) is 52.8 Å². The third-order valence-corrected chi connectivity index (χ3v) is 15.0. The van der Waals surface area contributed by atoms with Crippen molar-refractivity contribution in [1.29, 1.82) is 0 Å². The molecule has 0 N–H and O–H groups in total. The number of rotatable bonds is 5. The minimum absolute atomic E-state index is 0.264. The fraction of sp³-hybridized carbons (Fsp3) is 0.400. The molecule has 1 aliphatic heterocycles. The first-order valence-corrected chi connectivity index (χ1v) is 17.7. The van der Waals surface area contributed by atoms with Gasteiger partial charge in [-0.3, -0.25) is 0 Å². The van der Waals surface area contributed by atoms with Crippen LogP contribution in [0.15, 0.2) is 35.2 Å². The normalized spacial score (nSPS) is 15.6. The first-order chi connectivity index (χ1) is 22.9. The average molecular weight is 731 g/mol. The molecule has 0 unspecified atom stereocenters. The highest BCUT2D eigenvalue weighted by Gasteiger charge is 2.62. The van der Waals surface area contributed by atoms with E-state index >= 15 is 35.1 Å². The Bertz CT molecular complexity index is 1950. The lowest BCUT2D eigenvalue weighted by Gasteiger charge is -2.44. The Hall–Kier alpha value is -3.54. The lowest BCUT2D eigenvalue weighted by Crippen LogP contribution is -2.75. The summed E-state index contributed by atoms with van der Waals surface area (Å²) in [6.07, 6.45) is -1.79. The van der Waals surface area contributed by atoms with Crippen molar-refractivity contribution in [2.45, 2.75) is 91.4 Å². The summed E-state index contributed by atoms with van der Waals surface area (Å²) < 4.78 is 164. The van der Waals surface area contributed by atoms with Crippen LogP contribution in [0.4, 0.5) is 43.9 Å². The summed E-state index contributed by atoms with van der Waals surface area (Å²) in [7, 11) is -3.69. The Morgan fingerprint density at radius 1 is 0.600 bits per heavy atom. The van der Waals surface area contributed by atoms with Gasteiger partial charge in [0, 0.05) is 21.4 Å². The molecule has 5 rings (SSSR count). The second-order valence-electron chi connectivity index (χ2n) is 15.3. The molecule has 0 bridgehead atoms. The zero-order chi connectivity index (χ0) is 37.8. The Morgan fingerprint density at radius 2 is 0.940 bits per heavy atom. The van der Waals surface area contributed by atoms with Crippen LogP contribution in [0, 0.1) is 58.2 Å². The van der Waals surface area contributed by atoms with Crippen molar-refractivity contribution in [3.8, 4) is 5.69 Å². The molecule has 0 atom stereocenters. The topological polar surface area (TPSA) is 21.2 Å². The molecular formula is C35H37BF10N3P. The lowest BCUT2D eigenvalue weighted by molar-refractivity contribution is -0.496. The van der Waals surface area contributed by atoms with Crippen LogP contribution in [0.25, 0.3) is 5.69 Å². The number of hydrogen-bond donors (Lipinski definition) is 0. The van der Waals surface area contributed by atoms with Crippen molar-refractivity contribution >= 4 is 30.1 Å². The molecule has 0 saturated heterocycles. The maximum Gasteiger partial charge on any atom is 0.291 e. The number of nitrogens with zero attached hydrogens (tertiary/aromatic N) is 3. The summed E-state index contributed by atoms with van der Waals surface area (Å²) in [5, 5.41) is -2.21. The van der Waals surface area contributed by atoms with E-state index in [1.165, 1.54) is 21.3 Å². The maximum absolute atomic E-state index is 16.4. The van der Waals surface area contributed by atoms with Gasteiger partial charge in [-0.05, 0) is 11.8 Å². The first kappa shape index (κ1) is 37.7. The number of fused-ring (bicyclic) bond motifs is 1. The number of halogens is 10. The monoisotopic (exact) mass is 731 g/mol. The smallest absolute Gasteiger partial charge is 0.291 e. The number of benzene rings is 3.